The van der Waals surface area contributed by atoms with Gasteiger partial charge in [0.05, 0.1) is 22.2 Å². The molecule has 176 valence electrons. The molecule has 0 unspecified atom stereocenters. The van der Waals surface area contributed by atoms with E-state index in [1.807, 2.05) is 19.2 Å². The number of aromatic nitrogens is 2. The highest BCUT2D eigenvalue weighted by Gasteiger charge is 2.57. The fraction of sp³-hybridized carbons (Fsp3) is 0.536. The summed E-state index contributed by atoms with van der Waals surface area (Å²) in [6, 6.07) is 18.8. The highest BCUT2D eigenvalue weighted by atomic mass is 16.5. The quantitative estimate of drug-likeness (QED) is 0.489. The fourth-order valence-corrected chi connectivity index (χ4v) is 6.47. The number of para-hydroxylation sites is 2. The molecule has 5 heteroatoms. The molecular weight excluding hydrogens is 410 g/mol. The Morgan fingerprint density at radius 2 is 1.79 bits per heavy atom. The molecule has 1 aromatic heterocycles. The second-order valence-electron chi connectivity index (χ2n) is 10.3. The largest absolute Gasteiger partial charge is 0.390 e. The normalized spacial score (nSPS) is 29.2. The smallest absolute Gasteiger partial charge is 0.107 e. The summed E-state index contributed by atoms with van der Waals surface area (Å²) >= 11 is 0. The fourth-order valence-electron chi connectivity index (χ4n) is 6.47. The summed E-state index contributed by atoms with van der Waals surface area (Å²) in [5, 5.41) is 11.7. The van der Waals surface area contributed by atoms with E-state index >= 15 is 0 Å². The zero-order valence-electron chi connectivity index (χ0n) is 20.0. The maximum Gasteiger partial charge on any atom is 0.107 e. The van der Waals surface area contributed by atoms with E-state index in [1.54, 1.807) is 0 Å². The van der Waals surface area contributed by atoms with E-state index in [0.29, 0.717) is 11.8 Å². The van der Waals surface area contributed by atoms with E-state index in [-0.39, 0.29) is 5.60 Å². The van der Waals surface area contributed by atoms with Crippen molar-refractivity contribution in [2.75, 3.05) is 27.2 Å². The molecule has 0 saturated heterocycles. The highest BCUT2D eigenvalue weighted by molar-refractivity contribution is 5.74. The molecular formula is C28H37N3O2. The Morgan fingerprint density at radius 3 is 2.52 bits per heavy atom. The van der Waals surface area contributed by atoms with Crippen molar-refractivity contribution in [3.63, 3.8) is 0 Å². The van der Waals surface area contributed by atoms with Crippen molar-refractivity contribution in [1.29, 1.82) is 0 Å². The Balaban J connectivity index is 1.15. The van der Waals surface area contributed by atoms with Gasteiger partial charge in [-0.1, -0.05) is 42.5 Å². The number of aryl methyl sites for hydroxylation is 1. The molecule has 3 aliphatic carbocycles. The Morgan fingerprint density at radius 1 is 1.03 bits per heavy atom. The standard InChI is InChI=1S/C28H37N3O2/c1-31(17-8-13-26-29-24-11-6-7-12-25(24)30-26)18-16-27(32)19-23-15-14-22(27)20-28(23,33-2)21-9-4-3-5-10-21/h3-7,9-12,22-23,32H,8,13-20H2,1-2H3,(H,29,30)/t22-,23-,27+,28-/m0/s1. The molecule has 3 aliphatic rings. The number of hydrogen-bond donors (Lipinski definition) is 2. The summed E-state index contributed by atoms with van der Waals surface area (Å²) in [5.41, 5.74) is 2.60. The zero-order chi connectivity index (χ0) is 22.9. The monoisotopic (exact) mass is 447 g/mol. The Kier molecular flexibility index (Phi) is 6.30. The van der Waals surface area contributed by atoms with Crippen LogP contribution >= 0.6 is 0 Å². The van der Waals surface area contributed by atoms with E-state index < -0.39 is 5.60 Å². The average Bonchev–Trinajstić information content (AvgIpc) is 3.26. The highest BCUT2D eigenvalue weighted by Crippen LogP contribution is 2.58. The number of ether oxygens (including phenoxy) is 1. The lowest BCUT2D eigenvalue weighted by atomic mass is 9.53. The van der Waals surface area contributed by atoms with Crippen molar-refractivity contribution in [3.8, 4) is 0 Å². The zero-order valence-corrected chi connectivity index (χ0v) is 20.0. The first-order valence-corrected chi connectivity index (χ1v) is 12.5. The molecule has 3 saturated carbocycles. The number of hydrogen-bond acceptors (Lipinski definition) is 4. The van der Waals surface area contributed by atoms with Crippen LogP contribution in [0, 0.1) is 11.8 Å². The third-order valence-corrected chi connectivity index (χ3v) is 8.38. The molecule has 4 atom stereocenters. The van der Waals surface area contributed by atoms with Gasteiger partial charge in [0.2, 0.25) is 0 Å². The van der Waals surface area contributed by atoms with Gasteiger partial charge >= 0.3 is 0 Å². The van der Waals surface area contributed by atoms with Gasteiger partial charge in [-0.05, 0) is 81.6 Å². The Bertz CT molecular complexity index is 1030. The van der Waals surface area contributed by atoms with Crippen molar-refractivity contribution in [2.45, 2.75) is 56.1 Å². The Hall–Kier alpha value is -2.21. The molecule has 1 heterocycles. The van der Waals surface area contributed by atoms with Crippen LogP contribution in [0.1, 0.15) is 49.9 Å². The predicted molar refractivity (Wildman–Crippen MR) is 132 cm³/mol. The molecule has 6 rings (SSSR count). The molecule has 2 N–H and O–H groups in total. The van der Waals surface area contributed by atoms with Crippen LogP contribution in [-0.2, 0) is 16.8 Å². The molecule has 0 spiro atoms. The maximum atomic E-state index is 11.7. The summed E-state index contributed by atoms with van der Waals surface area (Å²) in [7, 11) is 4.02. The van der Waals surface area contributed by atoms with Crippen LogP contribution < -0.4 is 0 Å². The predicted octanol–water partition coefficient (Wildman–Crippen LogP) is 4.91. The molecule has 0 aliphatic heterocycles. The third-order valence-electron chi connectivity index (χ3n) is 8.38. The van der Waals surface area contributed by atoms with Crippen molar-refractivity contribution >= 4 is 11.0 Å². The van der Waals surface area contributed by atoms with Crippen molar-refractivity contribution in [1.82, 2.24) is 14.9 Å². The second-order valence-corrected chi connectivity index (χ2v) is 10.3. The molecule has 0 radical (unpaired) electrons. The first-order chi connectivity index (χ1) is 16.0. The molecule has 3 aromatic rings. The van der Waals surface area contributed by atoms with Gasteiger partial charge in [0, 0.05) is 20.1 Å². The third kappa shape index (κ3) is 4.34. The van der Waals surface area contributed by atoms with Gasteiger partial charge in [-0.3, -0.25) is 0 Å². The minimum Gasteiger partial charge on any atom is -0.390 e. The van der Waals surface area contributed by atoms with Gasteiger partial charge in [-0.2, -0.15) is 0 Å². The van der Waals surface area contributed by atoms with E-state index in [2.05, 4.69) is 64.4 Å². The van der Waals surface area contributed by atoms with Crippen molar-refractivity contribution in [2.24, 2.45) is 11.8 Å². The first-order valence-electron chi connectivity index (χ1n) is 12.5. The lowest BCUT2D eigenvalue weighted by Crippen LogP contribution is -2.58. The molecule has 2 aromatic carbocycles. The van der Waals surface area contributed by atoms with Crippen LogP contribution in [-0.4, -0.2) is 52.8 Å². The van der Waals surface area contributed by atoms with Crippen molar-refractivity contribution < 1.29 is 9.84 Å². The number of H-pyrrole nitrogens is 1. The summed E-state index contributed by atoms with van der Waals surface area (Å²) < 4.78 is 6.20. The summed E-state index contributed by atoms with van der Waals surface area (Å²) in [4.78, 5) is 10.5. The maximum absolute atomic E-state index is 11.7. The minimum absolute atomic E-state index is 0.241. The van der Waals surface area contributed by atoms with E-state index in [9.17, 15) is 5.11 Å². The first kappa shape index (κ1) is 22.6. The molecule has 5 nitrogen and oxygen atoms in total. The number of aromatic amines is 1. The van der Waals surface area contributed by atoms with Gasteiger partial charge in [-0.15, -0.1) is 0 Å². The lowest BCUT2D eigenvalue weighted by Gasteiger charge is -2.58. The van der Waals surface area contributed by atoms with Crippen LogP contribution in [0.4, 0.5) is 0 Å². The molecule has 2 bridgehead atoms. The number of aliphatic hydroxyl groups is 1. The van der Waals surface area contributed by atoms with Gasteiger partial charge in [0.15, 0.2) is 0 Å². The number of fused-ring (bicyclic) bond motifs is 4. The number of imidazole rings is 1. The number of nitrogens with one attached hydrogen (secondary N) is 1. The van der Waals surface area contributed by atoms with Gasteiger partial charge < -0.3 is 19.7 Å². The van der Waals surface area contributed by atoms with E-state index in [0.717, 1.165) is 74.9 Å². The van der Waals surface area contributed by atoms with E-state index in [4.69, 9.17) is 4.74 Å². The number of rotatable bonds is 9. The molecule has 33 heavy (non-hydrogen) atoms. The van der Waals surface area contributed by atoms with E-state index in [1.165, 1.54) is 5.56 Å². The van der Waals surface area contributed by atoms with Gasteiger partial charge in [0.25, 0.3) is 0 Å². The van der Waals surface area contributed by atoms with Crippen LogP contribution in [0.15, 0.2) is 54.6 Å². The number of benzene rings is 2. The average molecular weight is 448 g/mol. The summed E-state index contributed by atoms with van der Waals surface area (Å²) in [6.45, 7) is 1.93. The second kappa shape index (κ2) is 9.21. The van der Waals surface area contributed by atoms with Crippen LogP contribution in [0.2, 0.25) is 0 Å². The number of nitrogens with zero attached hydrogens (tertiary/aromatic N) is 2. The summed E-state index contributed by atoms with van der Waals surface area (Å²) in [6.07, 6.45) is 6.85. The number of methoxy groups -OCH3 is 1. The van der Waals surface area contributed by atoms with Crippen LogP contribution in [0.3, 0.4) is 0 Å². The lowest BCUT2D eigenvalue weighted by molar-refractivity contribution is -0.207. The minimum atomic E-state index is -0.577. The van der Waals surface area contributed by atoms with Crippen LogP contribution in [0.25, 0.3) is 11.0 Å². The SMILES string of the molecule is CO[C@]1(c2ccccc2)C[C@@H]2CC[C@H]1C[C@]2(O)CCN(C)CCCc1nc2ccccc2[nH]1. The van der Waals surface area contributed by atoms with Crippen LogP contribution in [0.5, 0.6) is 0 Å². The topological polar surface area (TPSA) is 61.4 Å². The van der Waals surface area contributed by atoms with Crippen molar-refractivity contribution in [3.05, 3.63) is 66.0 Å². The Labute approximate surface area is 197 Å². The van der Waals surface area contributed by atoms with Gasteiger partial charge in [0.1, 0.15) is 5.82 Å². The van der Waals surface area contributed by atoms with Gasteiger partial charge in [-0.25, -0.2) is 4.98 Å². The summed E-state index contributed by atoms with van der Waals surface area (Å²) in [5.74, 6) is 1.73. The molecule has 0 amide bonds. The molecule has 3 fully saturated rings.